The fourth-order valence-electron chi connectivity index (χ4n) is 3.91. The van der Waals surface area contributed by atoms with Gasteiger partial charge in [-0.25, -0.2) is 0 Å². The van der Waals surface area contributed by atoms with Crippen LogP contribution >= 0.6 is 0 Å². The lowest BCUT2D eigenvalue weighted by Crippen LogP contribution is -2.41. The summed E-state index contributed by atoms with van der Waals surface area (Å²) in [6, 6.07) is 10.7. The Labute approximate surface area is 149 Å². The zero-order chi connectivity index (χ0) is 17.1. The minimum atomic E-state index is 0.107. The monoisotopic (exact) mass is 339 g/mol. The summed E-state index contributed by atoms with van der Waals surface area (Å²) < 4.78 is 12.3. The molecule has 0 saturated carbocycles. The molecule has 25 heavy (non-hydrogen) atoms. The van der Waals surface area contributed by atoms with Crippen molar-refractivity contribution >= 4 is 0 Å². The molecule has 0 amide bonds. The number of pyridine rings is 2. The van der Waals surface area contributed by atoms with Gasteiger partial charge >= 0.3 is 0 Å². The van der Waals surface area contributed by atoms with Crippen molar-refractivity contribution in [3.05, 3.63) is 59.7 Å². The lowest BCUT2D eigenvalue weighted by atomic mass is 10.0. The van der Waals surface area contributed by atoms with E-state index in [0.29, 0.717) is 12.6 Å². The molecule has 3 atom stereocenters. The molecule has 132 valence electrons. The largest absolute Gasteiger partial charge is 0.374 e. The first-order valence-electron chi connectivity index (χ1n) is 9.08. The second-order valence-electron chi connectivity index (χ2n) is 6.96. The van der Waals surface area contributed by atoms with Gasteiger partial charge in [-0.05, 0) is 43.5 Å². The molecule has 0 radical (unpaired) electrons. The van der Waals surface area contributed by atoms with Gasteiger partial charge in [0.25, 0.3) is 0 Å². The first-order chi connectivity index (χ1) is 12.3. The van der Waals surface area contributed by atoms with Crippen LogP contribution in [0.2, 0.25) is 0 Å². The number of likely N-dealkylation sites (tertiary alicyclic amines) is 1. The van der Waals surface area contributed by atoms with Crippen LogP contribution < -0.4 is 0 Å². The van der Waals surface area contributed by atoms with Gasteiger partial charge in [-0.1, -0.05) is 12.1 Å². The van der Waals surface area contributed by atoms with Crippen LogP contribution in [-0.4, -0.2) is 46.3 Å². The lowest BCUT2D eigenvalue weighted by molar-refractivity contribution is -0.0819. The van der Waals surface area contributed by atoms with Gasteiger partial charge in [0.2, 0.25) is 0 Å². The number of aryl methyl sites for hydroxylation is 1. The summed E-state index contributed by atoms with van der Waals surface area (Å²) in [6.45, 7) is 5.22. The van der Waals surface area contributed by atoms with Gasteiger partial charge in [0, 0.05) is 43.8 Å². The van der Waals surface area contributed by atoms with E-state index in [4.69, 9.17) is 9.47 Å². The molecule has 2 aliphatic rings. The molecule has 4 heterocycles. The maximum absolute atomic E-state index is 6.22. The van der Waals surface area contributed by atoms with Crippen molar-refractivity contribution in [3.63, 3.8) is 0 Å². The molecular formula is C20H25N3O2. The van der Waals surface area contributed by atoms with E-state index < -0.39 is 0 Å². The number of rotatable bonds is 5. The van der Waals surface area contributed by atoms with E-state index >= 15 is 0 Å². The second kappa shape index (κ2) is 7.60. The quantitative estimate of drug-likeness (QED) is 0.838. The molecule has 2 fully saturated rings. The fraction of sp³-hybridized carbons (Fsp3) is 0.500. The first-order valence-corrected chi connectivity index (χ1v) is 9.08. The average Bonchev–Trinajstić information content (AvgIpc) is 2.99. The molecule has 4 rings (SSSR count). The molecule has 0 aromatic carbocycles. The molecule has 0 spiro atoms. The van der Waals surface area contributed by atoms with Crippen LogP contribution in [0, 0.1) is 6.92 Å². The highest BCUT2D eigenvalue weighted by Crippen LogP contribution is 2.32. The molecule has 2 aromatic heterocycles. The summed E-state index contributed by atoms with van der Waals surface area (Å²) in [4.78, 5) is 11.3. The molecule has 0 N–H and O–H groups in total. The maximum atomic E-state index is 6.22. The topological polar surface area (TPSA) is 47.5 Å². The van der Waals surface area contributed by atoms with Crippen molar-refractivity contribution in [2.75, 3.05) is 13.2 Å². The number of ether oxygens (including phenoxy) is 2. The van der Waals surface area contributed by atoms with Crippen LogP contribution in [0.3, 0.4) is 0 Å². The fourth-order valence-corrected chi connectivity index (χ4v) is 3.91. The number of hydrogen-bond acceptors (Lipinski definition) is 5. The molecular weight excluding hydrogens is 314 g/mol. The summed E-state index contributed by atoms with van der Waals surface area (Å²) in [5.41, 5.74) is 3.29. The van der Waals surface area contributed by atoms with E-state index in [0.717, 1.165) is 43.1 Å². The van der Waals surface area contributed by atoms with Crippen LogP contribution in [0.4, 0.5) is 0 Å². The van der Waals surface area contributed by atoms with Crippen LogP contribution in [-0.2, 0) is 22.6 Å². The molecule has 2 aromatic rings. The van der Waals surface area contributed by atoms with Crippen molar-refractivity contribution in [2.45, 2.75) is 51.2 Å². The molecule has 2 saturated heterocycles. The minimum absolute atomic E-state index is 0.107. The van der Waals surface area contributed by atoms with Crippen LogP contribution in [0.15, 0.2) is 42.7 Å². The highest BCUT2D eigenvalue weighted by Gasteiger charge is 2.44. The number of hydrogen-bond donors (Lipinski definition) is 0. The molecule has 2 aliphatic heterocycles. The Hall–Kier alpha value is -1.82. The van der Waals surface area contributed by atoms with Crippen molar-refractivity contribution in [1.82, 2.24) is 14.9 Å². The highest BCUT2D eigenvalue weighted by molar-refractivity contribution is 5.11. The first kappa shape index (κ1) is 16.6. The van der Waals surface area contributed by atoms with Gasteiger partial charge in [0.15, 0.2) is 0 Å². The van der Waals surface area contributed by atoms with Crippen LogP contribution in [0.25, 0.3) is 0 Å². The van der Waals surface area contributed by atoms with Crippen LogP contribution in [0.1, 0.15) is 29.8 Å². The Balaban J connectivity index is 1.44. The molecule has 0 aliphatic carbocycles. The third-order valence-electron chi connectivity index (χ3n) is 5.08. The van der Waals surface area contributed by atoms with E-state index in [2.05, 4.69) is 33.1 Å². The minimum Gasteiger partial charge on any atom is -0.374 e. The predicted octanol–water partition coefficient (Wildman–Crippen LogP) is 2.73. The van der Waals surface area contributed by atoms with E-state index in [-0.39, 0.29) is 12.2 Å². The molecule has 0 unspecified atom stereocenters. The molecule has 5 nitrogen and oxygen atoms in total. The number of nitrogens with zero attached hydrogens (tertiary/aromatic N) is 3. The van der Waals surface area contributed by atoms with Crippen LogP contribution in [0.5, 0.6) is 0 Å². The number of fused-ring (bicyclic) bond motifs is 1. The van der Waals surface area contributed by atoms with Gasteiger partial charge in [-0.3, -0.25) is 14.9 Å². The van der Waals surface area contributed by atoms with Crippen molar-refractivity contribution in [3.8, 4) is 0 Å². The Bertz CT molecular complexity index is 694. The van der Waals surface area contributed by atoms with Gasteiger partial charge in [0.05, 0.1) is 18.4 Å². The summed E-state index contributed by atoms with van der Waals surface area (Å²) in [5.74, 6) is 0. The van der Waals surface area contributed by atoms with E-state index in [1.807, 2.05) is 25.3 Å². The van der Waals surface area contributed by atoms with Gasteiger partial charge in [0.1, 0.15) is 6.10 Å². The standard InChI is InChI=1S/C20H25N3O2/c1-15-5-2-7-17(22-15)12-23-13-19(20-18(23)8-4-10-24-20)25-14-16-6-3-9-21-11-16/h2-3,5-7,9,11,18-20H,4,8,10,12-14H2,1H3/t18-,19-,20+/m1/s1. The van der Waals surface area contributed by atoms with Gasteiger partial charge < -0.3 is 9.47 Å². The zero-order valence-electron chi connectivity index (χ0n) is 14.7. The average molecular weight is 339 g/mol. The van der Waals surface area contributed by atoms with Crippen molar-refractivity contribution < 1.29 is 9.47 Å². The summed E-state index contributed by atoms with van der Waals surface area (Å²) in [5, 5.41) is 0. The van der Waals surface area contributed by atoms with E-state index in [1.165, 1.54) is 6.42 Å². The molecule has 0 bridgehead atoms. The SMILES string of the molecule is Cc1cccc(CN2C[C@@H](OCc3cccnc3)[C@H]3OCCC[C@H]32)n1. The van der Waals surface area contributed by atoms with Gasteiger partial charge in [-0.15, -0.1) is 0 Å². The van der Waals surface area contributed by atoms with E-state index in [1.54, 1.807) is 6.20 Å². The third-order valence-corrected chi connectivity index (χ3v) is 5.08. The zero-order valence-corrected chi connectivity index (χ0v) is 14.7. The predicted molar refractivity (Wildman–Crippen MR) is 95.0 cm³/mol. The Morgan fingerprint density at radius 2 is 2.24 bits per heavy atom. The Morgan fingerprint density at radius 1 is 1.28 bits per heavy atom. The summed E-state index contributed by atoms with van der Waals surface area (Å²) in [6.07, 6.45) is 6.21. The Kier molecular flexibility index (Phi) is 5.06. The summed E-state index contributed by atoms with van der Waals surface area (Å²) in [7, 11) is 0. The van der Waals surface area contributed by atoms with Gasteiger partial charge in [-0.2, -0.15) is 0 Å². The third kappa shape index (κ3) is 3.89. The highest BCUT2D eigenvalue weighted by atomic mass is 16.5. The summed E-state index contributed by atoms with van der Waals surface area (Å²) >= 11 is 0. The normalized spacial score (nSPS) is 26.5. The number of aromatic nitrogens is 2. The van der Waals surface area contributed by atoms with E-state index in [9.17, 15) is 0 Å². The van der Waals surface area contributed by atoms with Crippen molar-refractivity contribution in [2.24, 2.45) is 0 Å². The maximum Gasteiger partial charge on any atom is 0.100 e. The van der Waals surface area contributed by atoms with Crippen molar-refractivity contribution in [1.29, 1.82) is 0 Å². The smallest absolute Gasteiger partial charge is 0.100 e. The molecule has 5 heteroatoms. The Morgan fingerprint density at radius 3 is 3.08 bits per heavy atom. The lowest BCUT2D eigenvalue weighted by Gasteiger charge is -2.32. The second-order valence-corrected chi connectivity index (χ2v) is 6.96.